The summed E-state index contributed by atoms with van der Waals surface area (Å²) in [6.07, 6.45) is 3.53. The average molecular weight is 328 g/mol. The van der Waals surface area contributed by atoms with Gasteiger partial charge in [-0.3, -0.25) is 0 Å². The third-order valence-corrected chi connectivity index (χ3v) is 3.57. The molecule has 116 valence electrons. The molecule has 0 atom stereocenters. The molecule has 0 saturated heterocycles. The van der Waals surface area contributed by atoms with Crippen molar-refractivity contribution < 1.29 is 35.9 Å². The third-order valence-electron chi connectivity index (χ3n) is 1.75. The first-order valence-electron chi connectivity index (χ1n) is 5.37. The van der Waals surface area contributed by atoms with Crippen LogP contribution in [0.25, 0.3) is 0 Å². The van der Waals surface area contributed by atoms with Crippen molar-refractivity contribution in [3.05, 3.63) is 12.2 Å². The molecule has 20 heavy (non-hydrogen) atoms. The number of ether oxygens (including phenoxy) is 2. The van der Waals surface area contributed by atoms with Gasteiger partial charge < -0.3 is 9.47 Å². The summed E-state index contributed by atoms with van der Waals surface area (Å²) in [4.78, 5) is 22.1. The van der Waals surface area contributed by atoms with Gasteiger partial charge in [-0.15, -0.1) is 0 Å². The molecule has 0 bridgehead atoms. The standard InChI is InChI=1S/C10H16O8S2/c1-19(13,14)7-5-17-9(11)3-4-10(12)18-6-8-20(2,15)16/h3-4H,5-8H2,1-2H3/b4-3+. The quantitative estimate of drug-likeness (QED) is 0.399. The lowest BCUT2D eigenvalue weighted by atomic mass is 10.5. The van der Waals surface area contributed by atoms with Crippen LogP contribution >= 0.6 is 0 Å². The lowest BCUT2D eigenvalue weighted by molar-refractivity contribution is -0.139. The Morgan fingerprint density at radius 3 is 1.35 bits per heavy atom. The molecule has 0 fully saturated rings. The molecule has 0 radical (unpaired) electrons. The summed E-state index contributed by atoms with van der Waals surface area (Å²) < 4.78 is 52.0. The molecule has 10 heteroatoms. The predicted molar refractivity (Wildman–Crippen MR) is 70.5 cm³/mol. The highest BCUT2D eigenvalue weighted by atomic mass is 32.2. The van der Waals surface area contributed by atoms with E-state index in [0.717, 1.165) is 24.7 Å². The largest absolute Gasteiger partial charge is 0.461 e. The molecule has 0 aliphatic carbocycles. The maximum atomic E-state index is 11.1. The van der Waals surface area contributed by atoms with E-state index in [-0.39, 0.29) is 24.7 Å². The van der Waals surface area contributed by atoms with Crippen molar-refractivity contribution >= 4 is 31.6 Å². The van der Waals surface area contributed by atoms with Crippen LogP contribution in [-0.2, 0) is 38.7 Å². The molecule has 0 aliphatic rings. The lowest BCUT2D eigenvalue weighted by Gasteiger charge is -2.01. The van der Waals surface area contributed by atoms with Crippen molar-refractivity contribution in [2.24, 2.45) is 0 Å². The van der Waals surface area contributed by atoms with Crippen LogP contribution in [0.1, 0.15) is 0 Å². The topological polar surface area (TPSA) is 121 Å². The van der Waals surface area contributed by atoms with Gasteiger partial charge in [0, 0.05) is 24.7 Å². The molecule has 0 N–H and O–H groups in total. The van der Waals surface area contributed by atoms with Gasteiger partial charge >= 0.3 is 11.9 Å². The van der Waals surface area contributed by atoms with Gasteiger partial charge in [-0.05, 0) is 0 Å². The minimum Gasteiger partial charge on any atom is -0.461 e. The fourth-order valence-corrected chi connectivity index (χ4v) is 1.59. The van der Waals surface area contributed by atoms with Crippen LogP contribution in [0.2, 0.25) is 0 Å². The van der Waals surface area contributed by atoms with E-state index in [0.29, 0.717) is 0 Å². The molecule has 0 aromatic rings. The summed E-state index contributed by atoms with van der Waals surface area (Å²) in [5, 5.41) is 0. The monoisotopic (exact) mass is 328 g/mol. The molecule has 0 aliphatic heterocycles. The number of rotatable bonds is 8. The fourth-order valence-electron chi connectivity index (χ4n) is 0.820. The van der Waals surface area contributed by atoms with E-state index < -0.39 is 31.6 Å². The zero-order valence-corrected chi connectivity index (χ0v) is 12.7. The van der Waals surface area contributed by atoms with Crippen LogP contribution in [0.5, 0.6) is 0 Å². The SMILES string of the molecule is CS(=O)(=O)CCOC(=O)/C=C/C(=O)OCCS(C)(=O)=O. The summed E-state index contributed by atoms with van der Waals surface area (Å²) in [6.45, 7) is -0.629. The van der Waals surface area contributed by atoms with Gasteiger partial charge in [-0.1, -0.05) is 0 Å². The van der Waals surface area contributed by atoms with E-state index in [2.05, 4.69) is 9.47 Å². The Morgan fingerprint density at radius 1 is 0.800 bits per heavy atom. The number of carbonyl (C=O) groups excluding carboxylic acids is 2. The Balaban J connectivity index is 3.98. The number of sulfone groups is 2. The summed E-state index contributed by atoms with van der Waals surface area (Å²) in [6, 6.07) is 0. The molecular formula is C10H16O8S2. The van der Waals surface area contributed by atoms with Crippen LogP contribution in [0, 0.1) is 0 Å². The minimum absolute atomic E-state index is 0.314. The van der Waals surface area contributed by atoms with Gasteiger partial charge in [0.2, 0.25) is 0 Å². The predicted octanol–water partition coefficient (Wildman–Crippen LogP) is -1.28. The van der Waals surface area contributed by atoms with Crippen molar-refractivity contribution in [3.8, 4) is 0 Å². The summed E-state index contributed by atoms with van der Waals surface area (Å²) in [5.74, 6) is -2.42. The van der Waals surface area contributed by atoms with E-state index in [9.17, 15) is 26.4 Å². The van der Waals surface area contributed by atoms with Gasteiger partial charge in [0.05, 0.1) is 11.5 Å². The van der Waals surface area contributed by atoms with E-state index >= 15 is 0 Å². The first kappa shape index (κ1) is 18.6. The first-order chi connectivity index (χ1) is 8.99. The van der Waals surface area contributed by atoms with Gasteiger partial charge in [0.15, 0.2) is 19.7 Å². The van der Waals surface area contributed by atoms with Crippen LogP contribution in [0.4, 0.5) is 0 Å². The van der Waals surface area contributed by atoms with E-state index in [1.54, 1.807) is 0 Å². The van der Waals surface area contributed by atoms with Crippen LogP contribution < -0.4 is 0 Å². The second-order valence-corrected chi connectivity index (χ2v) is 8.45. The molecule has 0 rings (SSSR count). The van der Waals surface area contributed by atoms with Gasteiger partial charge in [-0.2, -0.15) is 0 Å². The second-order valence-electron chi connectivity index (χ2n) is 3.93. The smallest absolute Gasteiger partial charge is 0.331 e. The normalized spacial score (nSPS) is 12.3. The van der Waals surface area contributed by atoms with Gasteiger partial charge in [-0.25, -0.2) is 26.4 Å². The van der Waals surface area contributed by atoms with Crippen molar-refractivity contribution in [2.45, 2.75) is 0 Å². The molecule has 0 amide bonds. The van der Waals surface area contributed by atoms with E-state index in [1.165, 1.54) is 0 Å². The highest BCUT2D eigenvalue weighted by Gasteiger charge is 2.06. The molecule has 0 unspecified atom stereocenters. The maximum absolute atomic E-state index is 11.1. The van der Waals surface area contributed by atoms with Crippen LogP contribution in [0.15, 0.2) is 12.2 Å². The molecular weight excluding hydrogens is 312 g/mol. The zero-order valence-electron chi connectivity index (χ0n) is 11.1. The van der Waals surface area contributed by atoms with Crippen LogP contribution in [0.3, 0.4) is 0 Å². The Kier molecular flexibility index (Phi) is 7.43. The van der Waals surface area contributed by atoms with Gasteiger partial charge in [0.25, 0.3) is 0 Å². The van der Waals surface area contributed by atoms with Crippen molar-refractivity contribution in [3.63, 3.8) is 0 Å². The molecule has 8 nitrogen and oxygen atoms in total. The van der Waals surface area contributed by atoms with E-state index in [4.69, 9.17) is 0 Å². The van der Waals surface area contributed by atoms with E-state index in [1.807, 2.05) is 0 Å². The summed E-state index contributed by atoms with van der Waals surface area (Å²) in [5.41, 5.74) is 0. The van der Waals surface area contributed by atoms with Crippen molar-refractivity contribution in [1.82, 2.24) is 0 Å². The third kappa shape index (κ3) is 13.0. The highest BCUT2D eigenvalue weighted by Crippen LogP contribution is 1.90. The average Bonchev–Trinajstić information content (AvgIpc) is 2.22. The molecule has 0 aromatic heterocycles. The minimum atomic E-state index is -3.23. The number of carbonyl (C=O) groups is 2. The summed E-state index contributed by atoms with van der Waals surface area (Å²) >= 11 is 0. The van der Waals surface area contributed by atoms with Gasteiger partial charge in [0.1, 0.15) is 13.2 Å². The molecule has 0 heterocycles. The first-order valence-corrected chi connectivity index (χ1v) is 9.49. The highest BCUT2D eigenvalue weighted by molar-refractivity contribution is 7.90. The Labute approximate surface area is 117 Å². The second kappa shape index (κ2) is 8.00. The zero-order chi connectivity index (χ0) is 15.8. The Morgan fingerprint density at radius 2 is 1.10 bits per heavy atom. The lowest BCUT2D eigenvalue weighted by Crippen LogP contribution is -2.14. The maximum Gasteiger partial charge on any atom is 0.331 e. The van der Waals surface area contributed by atoms with Crippen LogP contribution in [-0.4, -0.2) is 66.0 Å². The Hall–Kier alpha value is -1.42. The summed E-state index contributed by atoms with van der Waals surface area (Å²) in [7, 11) is -6.45. The Bertz CT molecular complexity index is 518. The number of hydrogen-bond acceptors (Lipinski definition) is 8. The van der Waals surface area contributed by atoms with Crippen molar-refractivity contribution in [1.29, 1.82) is 0 Å². The molecule has 0 spiro atoms. The number of hydrogen-bond donors (Lipinski definition) is 0. The molecule has 0 aromatic carbocycles. The van der Waals surface area contributed by atoms with Crippen molar-refractivity contribution in [2.75, 3.05) is 37.2 Å². The number of esters is 2. The fraction of sp³-hybridized carbons (Fsp3) is 0.600. The molecule has 0 saturated carbocycles.